The Kier molecular flexibility index (Phi) is 5.77. The van der Waals surface area contributed by atoms with Crippen LogP contribution in [0.15, 0.2) is 31.1 Å². The quantitative estimate of drug-likeness (QED) is 0.567. The second-order valence-electron chi connectivity index (χ2n) is 7.20. The lowest BCUT2D eigenvalue weighted by atomic mass is 10.1. The molecule has 2 fully saturated rings. The summed E-state index contributed by atoms with van der Waals surface area (Å²) in [5.41, 5.74) is 0. The lowest BCUT2D eigenvalue weighted by Gasteiger charge is -2.35. The van der Waals surface area contributed by atoms with Crippen molar-refractivity contribution in [3.05, 3.63) is 31.1 Å². The molecule has 2 aromatic rings. The largest absolute Gasteiger partial charge is 0.354 e. The van der Waals surface area contributed by atoms with Gasteiger partial charge in [0.05, 0.1) is 5.75 Å². The molecular weight excluding hydrogens is 410 g/mol. The third kappa shape index (κ3) is 4.33. The number of imide groups is 1. The standard InChI is InChI=1S/C18H23N7O4S/c26-17-2-1-3-18(27)25(17)10-11-30(28,29)24-8-6-22(7-9-24)15-12-16(21-13-20-15)23-5-4-19-14-23/h4-5,12-14H,1-3,6-11H2. The molecule has 0 saturated carbocycles. The van der Waals surface area contributed by atoms with Gasteiger partial charge in [0.15, 0.2) is 0 Å². The number of carbonyl (C=O) groups is 2. The molecule has 2 amide bonds. The molecule has 30 heavy (non-hydrogen) atoms. The van der Waals surface area contributed by atoms with Crippen LogP contribution in [0.4, 0.5) is 5.82 Å². The van der Waals surface area contributed by atoms with E-state index in [1.54, 1.807) is 23.3 Å². The Labute approximate surface area is 174 Å². The minimum atomic E-state index is -3.56. The van der Waals surface area contributed by atoms with Gasteiger partial charge in [0, 0.05) is 64.0 Å². The van der Waals surface area contributed by atoms with Gasteiger partial charge >= 0.3 is 0 Å². The lowest BCUT2D eigenvalue weighted by Crippen LogP contribution is -2.51. The van der Waals surface area contributed by atoms with Crippen molar-refractivity contribution in [1.82, 2.24) is 28.7 Å². The van der Waals surface area contributed by atoms with Crippen molar-refractivity contribution in [2.45, 2.75) is 19.3 Å². The van der Waals surface area contributed by atoms with Crippen LogP contribution in [0.1, 0.15) is 19.3 Å². The fourth-order valence-electron chi connectivity index (χ4n) is 3.63. The molecule has 0 N–H and O–H groups in total. The number of carbonyl (C=O) groups excluding carboxylic acids is 2. The topological polar surface area (TPSA) is 122 Å². The fraction of sp³-hybridized carbons (Fsp3) is 0.500. The van der Waals surface area contributed by atoms with Crippen LogP contribution < -0.4 is 4.90 Å². The van der Waals surface area contributed by atoms with Gasteiger partial charge in [-0.15, -0.1) is 0 Å². The number of imidazole rings is 1. The molecule has 0 bridgehead atoms. The number of amides is 2. The SMILES string of the molecule is O=C1CCCC(=O)N1CCS(=O)(=O)N1CCN(c2cc(-n3ccnc3)ncn2)CC1. The molecule has 11 nitrogen and oxygen atoms in total. The van der Waals surface area contributed by atoms with Gasteiger partial charge in [0.25, 0.3) is 0 Å². The second kappa shape index (κ2) is 8.48. The van der Waals surface area contributed by atoms with Crippen LogP contribution >= 0.6 is 0 Å². The zero-order valence-corrected chi connectivity index (χ0v) is 17.2. The van der Waals surface area contributed by atoms with E-state index in [4.69, 9.17) is 0 Å². The van der Waals surface area contributed by atoms with Gasteiger partial charge in [0.2, 0.25) is 21.8 Å². The van der Waals surface area contributed by atoms with E-state index in [1.165, 1.54) is 10.6 Å². The van der Waals surface area contributed by atoms with E-state index in [9.17, 15) is 18.0 Å². The molecule has 2 aliphatic rings. The third-order valence-corrected chi connectivity index (χ3v) is 7.17. The highest BCUT2D eigenvalue weighted by molar-refractivity contribution is 7.89. The van der Waals surface area contributed by atoms with Crippen LogP contribution in [0.5, 0.6) is 0 Å². The van der Waals surface area contributed by atoms with Crippen LogP contribution in [0.3, 0.4) is 0 Å². The smallest absolute Gasteiger partial charge is 0.229 e. The van der Waals surface area contributed by atoms with Gasteiger partial charge in [-0.25, -0.2) is 23.4 Å². The molecule has 0 unspecified atom stereocenters. The summed E-state index contributed by atoms with van der Waals surface area (Å²) in [7, 11) is -3.56. The Morgan fingerprint density at radius 3 is 2.33 bits per heavy atom. The molecule has 0 atom stereocenters. The first-order valence-electron chi connectivity index (χ1n) is 9.80. The van der Waals surface area contributed by atoms with Gasteiger partial charge in [0.1, 0.15) is 24.3 Å². The number of rotatable bonds is 6. The molecule has 0 aliphatic carbocycles. The van der Waals surface area contributed by atoms with Crippen LogP contribution in [0.25, 0.3) is 5.82 Å². The average molecular weight is 433 g/mol. The van der Waals surface area contributed by atoms with Crippen molar-refractivity contribution in [1.29, 1.82) is 0 Å². The van der Waals surface area contributed by atoms with E-state index < -0.39 is 10.0 Å². The third-order valence-electron chi connectivity index (χ3n) is 5.32. The monoisotopic (exact) mass is 433 g/mol. The number of aromatic nitrogens is 4. The minimum Gasteiger partial charge on any atom is -0.354 e. The van der Waals surface area contributed by atoms with Crippen molar-refractivity contribution in [2.75, 3.05) is 43.4 Å². The predicted octanol–water partition coefficient (Wildman–Crippen LogP) is -0.347. The van der Waals surface area contributed by atoms with E-state index in [-0.39, 0.29) is 24.1 Å². The Morgan fingerprint density at radius 1 is 0.967 bits per heavy atom. The summed E-state index contributed by atoms with van der Waals surface area (Å²) < 4.78 is 28.6. The number of anilines is 1. The molecule has 2 aromatic heterocycles. The first-order valence-corrected chi connectivity index (χ1v) is 11.4. The van der Waals surface area contributed by atoms with Gasteiger partial charge in [-0.3, -0.25) is 19.1 Å². The van der Waals surface area contributed by atoms with Crippen molar-refractivity contribution in [2.24, 2.45) is 0 Å². The molecular formula is C18H23N7O4S. The van der Waals surface area contributed by atoms with Crippen LogP contribution in [0.2, 0.25) is 0 Å². The van der Waals surface area contributed by atoms with Crippen LogP contribution in [0, 0.1) is 0 Å². The molecule has 0 spiro atoms. The Hall–Kier alpha value is -2.86. The summed E-state index contributed by atoms with van der Waals surface area (Å²) in [5.74, 6) is 0.578. The summed E-state index contributed by atoms with van der Waals surface area (Å²) >= 11 is 0. The number of nitrogens with zero attached hydrogens (tertiary/aromatic N) is 7. The average Bonchev–Trinajstić information content (AvgIpc) is 3.29. The van der Waals surface area contributed by atoms with E-state index in [2.05, 4.69) is 15.0 Å². The van der Waals surface area contributed by atoms with Gasteiger partial charge in [-0.1, -0.05) is 0 Å². The highest BCUT2D eigenvalue weighted by atomic mass is 32.2. The first-order chi connectivity index (χ1) is 14.4. The maximum Gasteiger partial charge on any atom is 0.229 e. The van der Waals surface area contributed by atoms with E-state index in [0.29, 0.717) is 51.3 Å². The summed E-state index contributed by atoms with van der Waals surface area (Å²) in [6.45, 7) is 1.52. The number of piperazine rings is 1. The molecule has 4 heterocycles. The Morgan fingerprint density at radius 2 is 1.67 bits per heavy atom. The van der Waals surface area contributed by atoms with Crippen molar-refractivity contribution in [3.63, 3.8) is 0 Å². The van der Waals surface area contributed by atoms with Crippen molar-refractivity contribution in [3.8, 4) is 5.82 Å². The maximum absolute atomic E-state index is 12.7. The Bertz CT molecular complexity index is 1000. The molecule has 0 aromatic carbocycles. The molecule has 2 aliphatic heterocycles. The van der Waals surface area contributed by atoms with E-state index >= 15 is 0 Å². The minimum absolute atomic E-state index is 0.0829. The lowest BCUT2D eigenvalue weighted by molar-refractivity contribution is -0.147. The van der Waals surface area contributed by atoms with Gasteiger partial charge in [-0.2, -0.15) is 4.31 Å². The number of likely N-dealkylation sites (tertiary alicyclic amines) is 1. The summed E-state index contributed by atoms with van der Waals surface area (Å²) in [5, 5.41) is 0. The van der Waals surface area contributed by atoms with Crippen LogP contribution in [-0.4, -0.2) is 87.4 Å². The molecule has 2 saturated heterocycles. The molecule has 12 heteroatoms. The van der Waals surface area contributed by atoms with Crippen LogP contribution in [-0.2, 0) is 19.6 Å². The van der Waals surface area contributed by atoms with Crippen molar-refractivity contribution >= 4 is 27.7 Å². The molecule has 0 radical (unpaired) electrons. The van der Waals surface area contributed by atoms with E-state index in [0.717, 1.165) is 10.7 Å². The summed E-state index contributed by atoms with van der Waals surface area (Å²) in [4.78, 5) is 39.4. The number of sulfonamides is 1. The van der Waals surface area contributed by atoms with Gasteiger partial charge < -0.3 is 4.90 Å². The normalized spacial score (nSPS) is 18.8. The maximum atomic E-state index is 12.7. The summed E-state index contributed by atoms with van der Waals surface area (Å²) in [6, 6.07) is 1.83. The fourth-order valence-corrected chi connectivity index (χ4v) is 5.02. The van der Waals surface area contributed by atoms with E-state index in [1.807, 2.05) is 11.0 Å². The zero-order valence-electron chi connectivity index (χ0n) is 16.4. The number of hydrogen-bond donors (Lipinski definition) is 0. The highest BCUT2D eigenvalue weighted by Crippen LogP contribution is 2.18. The zero-order chi connectivity index (χ0) is 21.1. The molecule has 4 rings (SSSR count). The number of hydrogen-bond acceptors (Lipinski definition) is 8. The first kappa shape index (κ1) is 20.4. The Balaban J connectivity index is 1.35. The summed E-state index contributed by atoms with van der Waals surface area (Å²) in [6.07, 6.45) is 7.70. The predicted molar refractivity (Wildman–Crippen MR) is 107 cm³/mol. The number of piperidine rings is 1. The second-order valence-corrected chi connectivity index (χ2v) is 9.29. The molecule has 160 valence electrons. The van der Waals surface area contributed by atoms with Crippen molar-refractivity contribution < 1.29 is 18.0 Å². The van der Waals surface area contributed by atoms with Gasteiger partial charge in [-0.05, 0) is 6.42 Å². The highest BCUT2D eigenvalue weighted by Gasteiger charge is 2.31.